The zero-order valence-electron chi connectivity index (χ0n) is 10.1. The van der Waals surface area contributed by atoms with Crippen molar-refractivity contribution in [3.05, 3.63) is 35.9 Å². The fraction of sp³-hybridized carbons (Fsp3) is 0.500. The molecule has 3 heteroatoms. The summed E-state index contributed by atoms with van der Waals surface area (Å²) in [5, 5.41) is 3.38. The van der Waals surface area contributed by atoms with Gasteiger partial charge < -0.3 is 5.73 Å². The molecule has 0 bridgehead atoms. The molecule has 1 aromatic carbocycles. The van der Waals surface area contributed by atoms with E-state index in [2.05, 4.69) is 17.4 Å². The molecule has 1 fully saturated rings. The Morgan fingerprint density at radius 2 is 1.82 bits per heavy atom. The third-order valence-corrected chi connectivity index (χ3v) is 3.65. The van der Waals surface area contributed by atoms with E-state index < -0.39 is 5.54 Å². The van der Waals surface area contributed by atoms with Gasteiger partial charge in [-0.1, -0.05) is 49.6 Å². The molecule has 0 aromatic heterocycles. The molecule has 3 N–H and O–H groups in total. The minimum atomic E-state index is -0.478. The molecule has 1 aliphatic carbocycles. The molecule has 0 aliphatic heterocycles. The first kappa shape index (κ1) is 12.1. The van der Waals surface area contributed by atoms with E-state index in [9.17, 15) is 4.79 Å². The van der Waals surface area contributed by atoms with Crippen molar-refractivity contribution >= 4 is 5.91 Å². The summed E-state index contributed by atoms with van der Waals surface area (Å²) in [6.45, 7) is 0.712. The quantitative estimate of drug-likeness (QED) is 0.833. The molecule has 2 rings (SSSR count). The van der Waals surface area contributed by atoms with Gasteiger partial charge in [-0.05, 0) is 18.4 Å². The normalized spacial score (nSPS) is 18.8. The Morgan fingerprint density at radius 3 is 2.41 bits per heavy atom. The summed E-state index contributed by atoms with van der Waals surface area (Å²) < 4.78 is 0. The highest BCUT2D eigenvalue weighted by Crippen LogP contribution is 2.28. The van der Waals surface area contributed by atoms with E-state index in [4.69, 9.17) is 5.73 Å². The number of rotatable bonds is 4. The highest BCUT2D eigenvalue weighted by molar-refractivity contribution is 5.84. The Balaban J connectivity index is 2.01. The van der Waals surface area contributed by atoms with Crippen LogP contribution in [0, 0.1) is 0 Å². The lowest BCUT2D eigenvalue weighted by Gasteiger charge is -2.35. The summed E-state index contributed by atoms with van der Waals surface area (Å²) in [6.07, 6.45) is 5.13. The van der Waals surface area contributed by atoms with Crippen molar-refractivity contribution in [3.63, 3.8) is 0 Å². The van der Waals surface area contributed by atoms with Crippen LogP contribution in [0.25, 0.3) is 0 Å². The summed E-state index contributed by atoms with van der Waals surface area (Å²) in [6, 6.07) is 10.1. The summed E-state index contributed by atoms with van der Waals surface area (Å²) in [5.74, 6) is -0.201. The zero-order chi connectivity index (χ0) is 12.1. The number of hydrogen-bond acceptors (Lipinski definition) is 2. The van der Waals surface area contributed by atoms with Gasteiger partial charge in [-0.3, -0.25) is 10.1 Å². The Bertz CT molecular complexity index is 369. The molecule has 3 nitrogen and oxygen atoms in total. The van der Waals surface area contributed by atoms with Crippen molar-refractivity contribution in [1.29, 1.82) is 0 Å². The van der Waals surface area contributed by atoms with Gasteiger partial charge in [0.05, 0.1) is 5.54 Å². The van der Waals surface area contributed by atoms with E-state index in [0.717, 1.165) is 25.7 Å². The first-order chi connectivity index (χ1) is 8.23. The first-order valence-electron chi connectivity index (χ1n) is 6.32. The second kappa shape index (κ2) is 5.32. The summed E-state index contributed by atoms with van der Waals surface area (Å²) in [5.41, 5.74) is 6.28. The van der Waals surface area contributed by atoms with E-state index in [0.29, 0.717) is 6.54 Å². The van der Waals surface area contributed by atoms with Crippen molar-refractivity contribution in [2.75, 3.05) is 0 Å². The third-order valence-electron chi connectivity index (χ3n) is 3.65. The third kappa shape index (κ3) is 2.86. The number of primary amides is 1. The van der Waals surface area contributed by atoms with Crippen LogP contribution in [0.4, 0.5) is 0 Å². The minimum Gasteiger partial charge on any atom is -0.368 e. The SMILES string of the molecule is NC(=O)C1(NCc2ccccc2)CCCCC1. The molecule has 0 saturated heterocycles. The van der Waals surface area contributed by atoms with Gasteiger partial charge in [-0.15, -0.1) is 0 Å². The van der Waals surface area contributed by atoms with Crippen LogP contribution in [0.15, 0.2) is 30.3 Å². The van der Waals surface area contributed by atoms with E-state index in [1.807, 2.05) is 18.2 Å². The molecule has 0 heterocycles. The fourth-order valence-electron chi connectivity index (χ4n) is 2.53. The Morgan fingerprint density at radius 1 is 1.18 bits per heavy atom. The number of benzene rings is 1. The lowest BCUT2D eigenvalue weighted by atomic mass is 9.81. The largest absolute Gasteiger partial charge is 0.368 e. The highest BCUT2D eigenvalue weighted by atomic mass is 16.1. The molecule has 17 heavy (non-hydrogen) atoms. The molecule has 1 saturated carbocycles. The molecule has 1 aliphatic rings. The van der Waals surface area contributed by atoms with Crippen LogP contribution in [-0.4, -0.2) is 11.4 Å². The standard InChI is InChI=1S/C14H20N2O/c15-13(17)14(9-5-2-6-10-14)16-11-12-7-3-1-4-8-12/h1,3-4,7-8,16H,2,5-6,9-11H2,(H2,15,17). The van der Waals surface area contributed by atoms with Crippen molar-refractivity contribution in [2.24, 2.45) is 5.73 Å². The summed E-state index contributed by atoms with van der Waals surface area (Å²) >= 11 is 0. The molecule has 0 spiro atoms. The lowest BCUT2D eigenvalue weighted by molar-refractivity contribution is -0.125. The van der Waals surface area contributed by atoms with Gasteiger partial charge in [-0.2, -0.15) is 0 Å². The average molecular weight is 232 g/mol. The molecule has 1 amide bonds. The molecule has 0 atom stereocenters. The smallest absolute Gasteiger partial charge is 0.237 e. The first-order valence-corrected chi connectivity index (χ1v) is 6.32. The van der Waals surface area contributed by atoms with Crippen LogP contribution in [0.3, 0.4) is 0 Å². The van der Waals surface area contributed by atoms with Crippen LogP contribution in [0.1, 0.15) is 37.7 Å². The maximum absolute atomic E-state index is 11.7. The van der Waals surface area contributed by atoms with Gasteiger partial charge in [0, 0.05) is 6.54 Å². The molecular formula is C14H20N2O. The average Bonchev–Trinajstić information content (AvgIpc) is 2.38. The monoisotopic (exact) mass is 232 g/mol. The fourth-order valence-corrected chi connectivity index (χ4v) is 2.53. The van der Waals surface area contributed by atoms with Gasteiger partial charge in [-0.25, -0.2) is 0 Å². The van der Waals surface area contributed by atoms with Crippen LogP contribution >= 0.6 is 0 Å². The second-order valence-corrected chi connectivity index (χ2v) is 4.85. The maximum atomic E-state index is 11.7. The minimum absolute atomic E-state index is 0.201. The Hall–Kier alpha value is -1.35. The van der Waals surface area contributed by atoms with E-state index in [1.165, 1.54) is 12.0 Å². The topological polar surface area (TPSA) is 55.1 Å². The van der Waals surface area contributed by atoms with Crippen LogP contribution in [-0.2, 0) is 11.3 Å². The van der Waals surface area contributed by atoms with Crippen molar-refractivity contribution in [2.45, 2.75) is 44.2 Å². The van der Waals surface area contributed by atoms with Gasteiger partial charge in [0.15, 0.2) is 0 Å². The predicted molar refractivity (Wildman–Crippen MR) is 68.3 cm³/mol. The predicted octanol–water partition coefficient (Wildman–Crippen LogP) is 1.96. The lowest BCUT2D eigenvalue weighted by Crippen LogP contribution is -2.56. The number of carbonyl (C=O) groups is 1. The van der Waals surface area contributed by atoms with E-state index in [-0.39, 0.29) is 5.91 Å². The number of nitrogens with one attached hydrogen (secondary N) is 1. The summed E-state index contributed by atoms with van der Waals surface area (Å²) in [7, 11) is 0. The second-order valence-electron chi connectivity index (χ2n) is 4.85. The van der Waals surface area contributed by atoms with Gasteiger partial charge in [0.25, 0.3) is 0 Å². The molecule has 0 unspecified atom stereocenters. The van der Waals surface area contributed by atoms with Crippen molar-refractivity contribution < 1.29 is 4.79 Å². The van der Waals surface area contributed by atoms with Gasteiger partial charge in [0.2, 0.25) is 5.91 Å². The van der Waals surface area contributed by atoms with Gasteiger partial charge in [0.1, 0.15) is 0 Å². The number of amides is 1. The molecule has 1 aromatic rings. The number of nitrogens with two attached hydrogens (primary N) is 1. The maximum Gasteiger partial charge on any atom is 0.237 e. The van der Waals surface area contributed by atoms with Crippen LogP contribution in [0.2, 0.25) is 0 Å². The van der Waals surface area contributed by atoms with Gasteiger partial charge >= 0.3 is 0 Å². The Labute approximate surface area is 102 Å². The highest BCUT2D eigenvalue weighted by Gasteiger charge is 2.36. The van der Waals surface area contributed by atoms with Crippen LogP contribution < -0.4 is 11.1 Å². The van der Waals surface area contributed by atoms with Crippen molar-refractivity contribution in [1.82, 2.24) is 5.32 Å². The molecular weight excluding hydrogens is 212 g/mol. The number of carbonyl (C=O) groups excluding carboxylic acids is 1. The van der Waals surface area contributed by atoms with Crippen LogP contribution in [0.5, 0.6) is 0 Å². The Kier molecular flexibility index (Phi) is 3.79. The molecule has 92 valence electrons. The van der Waals surface area contributed by atoms with E-state index >= 15 is 0 Å². The van der Waals surface area contributed by atoms with E-state index in [1.54, 1.807) is 0 Å². The zero-order valence-corrected chi connectivity index (χ0v) is 10.1. The van der Waals surface area contributed by atoms with Crippen molar-refractivity contribution in [3.8, 4) is 0 Å². The number of hydrogen-bond donors (Lipinski definition) is 2. The molecule has 0 radical (unpaired) electrons. The summed E-state index contributed by atoms with van der Waals surface area (Å²) in [4.78, 5) is 11.7.